The van der Waals surface area contributed by atoms with E-state index in [4.69, 9.17) is 4.74 Å². The van der Waals surface area contributed by atoms with Gasteiger partial charge in [0.25, 0.3) is 0 Å². The van der Waals surface area contributed by atoms with Gasteiger partial charge in [0.1, 0.15) is 5.75 Å². The van der Waals surface area contributed by atoms with Gasteiger partial charge in [0.15, 0.2) is 5.06 Å². The highest BCUT2D eigenvalue weighted by atomic mass is 32.2. The molecule has 4 rings (SSSR count). The minimum absolute atomic E-state index is 0.00363. The number of fused-ring (bicyclic) bond motifs is 1. The first-order valence-corrected chi connectivity index (χ1v) is 12.5. The molecule has 0 bridgehead atoms. The highest BCUT2D eigenvalue weighted by Gasteiger charge is 2.30. The first-order chi connectivity index (χ1) is 13.9. The number of nitrogens with zero attached hydrogens (tertiary/aromatic N) is 2. The van der Waals surface area contributed by atoms with Crippen molar-refractivity contribution in [1.29, 1.82) is 0 Å². The Hall–Kier alpha value is -1.61. The van der Waals surface area contributed by atoms with Crippen LogP contribution >= 0.6 is 11.3 Å². The van der Waals surface area contributed by atoms with Crippen LogP contribution in [0, 0.1) is 6.92 Å². The summed E-state index contributed by atoms with van der Waals surface area (Å²) in [5, 5.41) is 10.8. The maximum absolute atomic E-state index is 13.0. The quantitative estimate of drug-likeness (QED) is 0.674. The fraction of sp³-hybridized carbons (Fsp3) is 0.524. The number of phenolic OH excluding ortho intramolecular Hbond substituents is 1. The Kier molecular flexibility index (Phi) is 6.15. The Balaban J connectivity index is 1.37. The lowest BCUT2D eigenvalue weighted by molar-refractivity contribution is 0.267. The summed E-state index contributed by atoms with van der Waals surface area (Å²) >= 11 is 1.63. The SMILES string of the molecule is Cc1ccc(S(=O)(=O)N2CCc3sc(OCCCN4CCCC4)cc3C2)cc1O. The van der Waals surface area contributed by atoms with E-state index < -0.39 is 10.0 Å². The fourth-order valence-corrected chi connectivity index (χ4v) is 6.40. The van der Waals surface area contributed by atoms with Crippen molar-refractivity contribution in [3.05, 3.63) is 40.3 Å². The van der Waals surface area contributed by atoms with E-state index in [-0.39, 0.29) is 10.6 Å². The summed E-state index contributed by atoms with van der Waals surface area (Å²) in [7, 11) is -3.63. The monoisotopic (exact) mass is 436 g/mol. The molecular formula is C21H28N2O4S2. The van der Waals surface area contributed by atoms with Crippen molar-refractivity contribution < 1.29 is 18.3 Å². The minimum atomic E-state index is -3.63. The fourth-order valence-electron chi connectivity index (χ4n) is 3.92. The first-order valence-electron chi connectivity index (χ1n) is 10.2. The lowest BCUT2D eigenvalue weighted by Gasteiger charge is -2.26. The molecule has 1 aromatic carbocycles. The zero-order valence-corrected chi connectivity index (χ0v) is 18.4. The molecule has 0 aliphatic carbocycles. The van der Waals surface area contributed by atoms with Crippen molar-refractivity contribution in [1.82, 2.24) is 9.21 Å². The van der Waals surface area contributed by atoms with E-state index in [2.05, 4.69) is 4.90 Å². The molecule has 1 fully saturated rings. The third kappa shape index (κ3) is 4.60. The maximum Gasteiger partial charge on any atom is 0.243 e. The molecule has 2 aromatic rings. The molecule has 2 aliphatic rings. The van der Waals surface area contributed by atoms with Gasteiger partial charge in [-0.2, -0.15) is 4.31 Å². The molecule has 0 saturated carbocycles. The second-order valence-electron chi connectivity index (χ2n) is 7.80. The van der Waals surface area contributed by atoms with Crippen LogP contribution in [0.1, 0.15) is 35.3 Å². The summed E-state index contributed by atoms with van der Waals surface area (Å²) in [4.78, 5) is 3.82. The van der Waals surface area contributed by atoms with Crippen LogP contribution in [0.4, 0.5) is 0 Å². The van der Waals surface area contributed by atoms with Gasteiger partial charge in [0, 0.05) is 30.6 Å². The molecular weight excluding hydrogens is 408 g/mol. The van der Waals surface area contributed by atoms with Crippen molar-refractivity contribution in [2.75, 3.05) is 32.8 Å². The predicted octanol–water partition coefficient (Wildman–Crippen LogP) is 3.37. The first kappa shape index (κ1) is 20.7. The number of aromatic hydroxyl groups is 1. The zero-order chi connectivity index (χ0) is 20.4. The van der Waals surface area contributed by atoms with Crippen molar-refractivity contribution in [3.63, 3.8) is 0 Å². The van der Waals surface area contributed by atoms with Crippen LogP contribution < -0.4 is 4.74 Å². The standard InChI is InChI=1S/C21H28N2O4S2/c1-16-5-6-18(14-19(16)24)29(25,26)23-11-7-20-17(15-23)13-21(28-20)27-12-4-10-22-8-2-3-9-22/h5-6,13-14,24H,2-4,7-12,15H2,1H3. The molecule has 29 heavy (non-hydrogen) atoms. The summed E-state index contributed by atoms with van der Waals surface area (Å²) in [5.74, 6) is 0.00363. The van der Waals surface area contributed by atoms with E-state index in [1.165, 1.54) is 41.2 Å². The average molecular weight is 437 g/mol. The number of phenols is 1. The van der Waals surface area contributed by atoms with Crippen molar-refractivity contribution in [3.8, 4) is 10.8 Å². The van der Waals surface area contributed by atoms with Gasteiger partial charge < -0.3 is 14.7 Å². The summed E-state index contributed by atoms with van der Waals surface area (Å²) in [6.45, 7) is 6.73. The smallest absolute Gasteiger partial charge is 0.243 e. The van der Waals surface area contributed by atoms with Crippen LogP contribution in [-0.4, -0.2) is 55.5 Å². The predicted molar refractivity (Wildman–Crippen MR) is 114 cm³/mol. The normalized spacial score (nSPS) is 18.1. The number of thiophene rings is 1. The van der Waals surface area contributed by atoms with E-state index in [9.17, 15) is 13.5 Å². The molecule has 0 atom stereocenters. The molecule has 1 N–H and O–H groups in total. The maximum atomic E-state index is 13.0. The largest absolute Gasteiger partial charge is 0.508 e. The number of sulfonamides is 1. The van der Waals surface area contributed by atoms with Crippen molar-refractivity contribution in [2.24, 2.45) is 0 Å². The Morgan fingerprint density at radius 1 is 1.17 bits per heavy atom. The number of hydrogen-bond donors (Lipinski definition) is 1. The van der Waals surface area contributed by atoms with E-state index in [0.717, 1.165) is 23.6 Å². The topological polar surface area (TPSA) is 70.1 Å². The van der Waals surface area contributed by atoms with E-state index in [1.54, 1.807) is 30.4 Å². The molecule has 0 unspecified atom stereocenters. The number of likely N-dealkylation sites (tertiary alicyclic amines) is 1. The van der Waals surface area contributed by atoms with Crippen LogP contribution in [0.25, 0.3) is 0 Å². The molecule has 6 nitrogen and oxygen atoms in total. The Morgan fingerprint density at radius 2 is 1.97 bits per heavy atom. The van der Waals surface area contributed by atoms with Crippen molar-refractivity contribution in [2.45, 2.75) is 44.0 Å². The Bertz CT molecular complexity index is 965. The molecule has 3 heterocycles. The Labute approximate surface area is 176 Å². The molecule has 0 amide bonds. The number of hydrogen-bond acceptors (Lipinski definition) is 6. The number of ether oxygens (including phenoxy) is 1. The lowest BCUT2D eigenvalue weighted by atomic mass is 10.1. The Morgan fingerprint density at radius 3 is 2.72 bits per heavy atom. The van der Waals surface area contributed by atoms with Crippen molar-refractivity contribution >= 4 is 21.4 Å². The van der Waals surface area contributed by atoms with E-state index in [1.807, 2.05) is 6.07 Å². The van der Waals surface area contributed by atoms with Crippen LogP contribution in [0.15, 0.2) is 29.2 Å². The van der Waals surface area contributed by atoms with E-state index in [0.29, 0.717) is 31.7 Å². The second-order valence-corrected chi connectivity index (χ2v) is 10.8. The summed E-state index contributed by atoms with van der Waals surface area (Å²) in [5.41, 5.74) is 1.69. The molecule has 1 aromatic heterocycles. The third-order valence-electron chi connectivity index (χ3n) is 5.69. The van der Waals surface area contributed by atoms with Gasteiger partial charge in [0.05, 0.1) is 11.5 Å². The third-order valence-corrected chi connectivity index (χ3v) is 8.68. The molecule has 1 saturated heterocycles. The zero-order valence-electron chi connectivity index (χ0n) is 16.8. The molecule has 8 heteroatoms. The van der Waals surface area contributed by atoms with Gasteiger partial charge in [-0.1, -0.05) is 6.07 Å². The van der Waals surface area contributed by atoms with Gasteiger partial charge in [-0.3, -0.25) is 0 Å². The lowest BCUT2D eigenvalue weighted by Crippen LogP contribution is -2.35. The van der Waals surface area contributed by atoms with Gasteiger partial charge in [-0.05, 0) is 69.0 Å². The molecule has 158 valence electrons. The molecule has 0 spiro atoms. The van der Waals surface area contributed by atoms with Crippen LogP contribution in [0.2, 0.25) is 0 Å². The number of aryl methyl sites for hydroxylation is 1. The van der Waals surface area contributed by atoms with Crippen LogP contribution in [0.5, 0.6) is 10.8 Å². The van der Waals surface area contributed by atoms with Gasteiger partial charge in [-0.15, -0.1) is 11.3 Å². The highest BCUT2D eigenvalue weighted by molar-refractivity contribution is 7.89. The number of rotatable bonds is 7. The minimum Gasteiger partial charge on any atom is -0.508 e. The van der Waals surface area contributed by atoms with E-state index >= 15 is 0 Å². The average Bonchev–Trinajstić information content (AvgIpc) is 3.35. The van der Waals surface area contributed by atoms with Crippen LogP contribution in [0.3, 0.4) is 0 Å². The highest BCUT2D eigenvalue weighted by Crippen LogP contribution is 2.35. The molecule has 2 aliphatic heterocycles. The van der Waals surface area contributed by atoms with Gasteiger partial charge >= 0.3 is 0 Å². The summed E-state index contributed by atoms with van der Waals surface area (Å²) in [6.07, 6.45) is 4.31. The molecule has 0 radical (unpaired) electrons. The van der Waals surface area contributed by atoms with Gasteiger partial charge in [0.2, 0.25) is 10.0 Å². The van der Waals surface area contributed by atoms with Gasteiger partial charge in [-0.25, -0.2) is 8.42 Å². The summed E-state index contributed by atoms with van der Waals surface area (Å²) in [6, 6.07) is 6.52. The summed E-state index contributed by atoms with van der Waals surface area (Å²) < 4.78 is 33.4. The second kappa shape index (κ2) is 8.63. The number of benzene rings is 1. The van der Waals surface area contributed by atoms with Crippen LogP contribution in [-0.2, 0) is 23.0 Å².